The predicted octanol–water partition coefficient (Wildman–Crippen LogP) is 1.62. The Bertz CT molecular complexity index is 445. The fourth-order valence-electron chi connectivity index (χ4n) is 1.37. The fraction of sp³-hybridized carbons (Fsp3) is 0.154. The van der Waals surface area contributed by atoms with Gasteiger partial charge in [-0.3, -0.25) is 0 Å². The van der Waals surface area contributed by atoms with Crippen molar-refractivity contribution in [3.63, 3.8) is 0 Å². The first-order valence-electron chi connectivity index (χ1n) is 5.06. The van der Waals surface area contributed by atoms with Gasteiger partial charge in [0.1, 0.15) is 0 Å². The molecule has 0 saturated carbocycles. The Labute approximate surface area is 102 Å². The Hall–Kier alpha value is -1.31. The van der Waals surface area contributed by atoms with E-state index in [0.717, 1.165) is 11.2 Å². The van der Waals surface area contributed by atoms with Gasteiger partial charge in [-0.25, -0.2) is 0 Å². The molecular formula is C13H13NOSe. The van der Waals surface area contributed by atoms with E-state index in [-0.39, 0.29) is 0 Å². The summed E-state index contributed by atoms with van der Waals surface area (Å²) in [4.78, 5) is 4.20. The minimum atomic E-state index is 0.376. The van der Waals surface area contributed by atoms with Crippen LogP contribution in [0.2, 0.25) is 0 Å². The number of nitrogens with zero attached hydrogens (tertiary/aromatic N) is 1. The third kappa shape index (κ3) is 2.84. The molecule has 0 amide bonds. The molecule has 0 aliphatic rings. The monoisotopic (exact) mass is 279 g/mol. The van der Waals surface area contributed by atoms with E-state index in [1.807, 2.05) is 12.1 Å². The average molecular weight is 278 g/mol. The fourth-order valence-corrected chi connectivity index (χ4v) is 3.37. The van der Waals surface area contributed by atoms with Crippen molar-refractivity contribution in [2.75, 3.05) is 7.11 Å². The molecule has 0 fully saturated rings. The molecule has 0 N–H and O–H groups in total. The van der Waals surface area contributed by atoms with Crippen LogP contribution in [0.25, 0.3) is 0 Å². The Morgan fingerprint density at radius 3 is 2.69 bits per heavy atom. The van der Waals surface area contributed by atoms with Gasteiger partial charge in [-0.1, -0.05) is 0 Å². The van der Waals surface area contributed by atoms with Crippen LogP contribution in [0.4, 0.5) is 0 Å². The number of methoxy groups -OCH3 is 1. The van der Waals surface area contributed by atoms with Gasteiger partial charge in [0.05, 0.1) is 0 Å². The number of ether oxygens (including phenoxy) is 1. The van der Waals surface area contributed by atoms with Crippen molar-refractivity contribution >= 4 is 19.4 Å². The molecular weight excluding hydrogens is 265 g/mol. The summed E-state index contributed by atoms with van der Waals surface area (Å²) in [5.74, 6) is 0.762. The molecule has 1 aromatic heterocycles. The topological polar surface area (TPSA) is 22.1 Å². The summed E-state index contributed by atoms with van der Waals surface area (Å²) in [6.45, 7) is 0. The van der Waals surface area contributed by atoms with E-state index >= 15 is 0 Å². The van der Waals surface area contributed by atoms with E-state index in [0.29, 0.717) is 15.0 Å². The van der Waals surface area contributed by atoms with Crippen molar-refractivity contribution in [2.24, 2.45) is 0 Å². The summed E-state index contributed by atoms with van der Waals surface area (Å²) >= 11 is 0.376. The molecule has 0 atom stereocenters. The van der Waals surface area contributed by atoms with Crippen molar-refractivity contribution in [1.29, 1.82) is 0 Å². The molecule has 82 valence electrons. The van der Waals surface area contributed by atoms with Gasteiger partial charge in [-0.05, 0) is 0 Å². The van der Waals surface area contributed by atoms with Crippen LogP contribution in [0.15, 0.2) is 48.7 Å². The molecule has 0 unspecified atom stereocenters. The van der Waals surface area contributed by atoms with Crippen LogP contribution >= 0.6 is 0 Å². The predicted molar refractivity (Wildman–Crippen MR) is 66.3 cm³/mol. The van der Waals surface area contributed by atoms with E-state index in [1.54, 1.807) is 13.3 Å². The Kier molecular flexibility index (Phi) is 3.97. The van der Waals surface area contributed by atoms with Gasteiger partial charge < -0.3 is 0 Å². The van der Waals surface area contributed by atoms with E-state index in [9.17, 15) is 0 Å². The molecule has 0 aliphatic heterocycles. The number of benzene rings is 1. The Morgan fingerprint density at radius 2 is 1.94 bits per heavy atom. The zero-order valence-corrected chi connectivity index (χ0v) is 10.8. The second-order valence-corrected chi connectivity index (χ2v) is 5.42. The van der Waals surface area contributed by atoms with Gasteiger partial charge in [0, 0.05) is 0 Å². The minimum absolute atomic E-state index is 0.376. The summed E-state index contributed by atoms with van der Waals surface area (Å²) in [6.07, 6.45) is 1.76. The van der Waals surface area contributed by atoms with Gasteiger partial charge in [-0.2, -0.15) is 0 Å². The van der Waals surface area contributed by atoms with Crippen LogP contribution in [0.5, 0.6) is 5.88 Å². The Balaban J connectivity index is 2.05. The molecule has 0 saturated heterocycles. The first-order chi connectivity index (χ1) is 7.90. The van der Waals surface area contributed by atoms with Crippen molar-refractivity contribution < 1.29 is 4.74 Å². The van der Waals surface area contributed by atoms with Gasteiger partial charge in [0.2, 0.25) is 0 Å². The van der Waals surface area contributed by atoms with Gasteiger partial charge in [0.25, 0.3) is 0 Å². The average Bonchev–Trinajstić information content (AvgIpc) is 2.38. The zero-order chi connectivity index (χ0) is 11.2. The maximum absolute atomic E-state index is 5.24. The summed E-state index contributed by atoms with van der Waals surface area (Å²) < 4.78 is 6.46. The number of pyridine rings is 1. The molecule has 2 aromatic rings. The van der Waals surface area contributed by atoms with Crippen LogP contribution in [0.1, 0.15) is 5.56 Å². The maximum atomic E-state index is 5.24. The van der Waals surface area contributed by atoms with Gasteiger partial charge >= 0.3 is 102 Å². The Morgan fingerprint density at radius 1 is 1.12 bits per heavy atom. The molecule has 1 aromatic carbocycles. The molecule has 0 radical (unpaired) electrons. The molecule has 3 heteroatoms. The molecule has 16 heavy (non-hydrogen) atoms. The first kappa shape index (κ1) is 11.2. The quantitative estimate of drug-likeness (QED) is 0.793. The number of hydrogen-bond acceptors (Lipinski definition) is 2. The third-order valence-corrected chi connectivity index (χ3v) is 4.47. The molecule has 0 bridgehead atoms. The van der Waals surface area contributed by atoms with Crippen molar-refractivity contribution in [3.05, 3.63) is 54.2 Å². The van der Waals surface area contributed by atoms with Crippen LogP contribution in [-0.2, 0) is 5.32 Å². The van der Waals surface area contributed by atoms with Crippen LogP contribution < -0.4 is 9.20 Å². The molecule has 2 rings (SSSR count). The first-order valence-corrected chi connectivity index (χ1v) is 7.12. The van der Waals surface area contributed by atoms with Crippen LogP contribution in [-0.4, -0.2) is 27.1 Å². The number of rotatable bonds is 4. The summed E-state index contributed by atoms with van der Waals surface area (Å²) in [5, 5.41) is 1.08. The molecule has 2 nitrogen and oxygen atoms in total. The number of aromatic nitrogens is 1. The van der Waals surface area contributed by atoms with Crippen LogP contribution in [0.3, 0.4) is 0 Å². The standard InChI is InChI=1S/C13H13NOSe/c1-15-13-12(8-5-9-14-13)16-10-11-6-3-2-4-7-11/h2-9H,10H2,1H3. The van der Waals surface area contributed by atoms with Crippen molar-refractivity contribution in [2.45, 2.75) is 5.32 Å². The second kappa shape index (κ2) is 5.69. The molecule has 0 spiro atoms. The molecule has 0 aliphatic carbocycles. The number of hydrogen-bond donors (Lipinski definition) is 0. The SMILES string of the molecule is COc1ncccc1[Se]Cc1ccccc1. The van der Waals surface area contributed by atoms with E-state index in [2.05, 4.69) is 35.3 Å². The summed E-state index contributed by atoms with van der Waals surface area (Å²) in [6, 6.07) is 14.6. The molecule has 1 heterocycles. The van der Waals surface area contributed by atoms with Crippen LogP contribution in [0, 0.1) is 0 Å². The summed E-state index contributed by atoms with van der Waals surface area (Å²) in [5.41, 5.74) is 1.37. The summed E-state index contributed by atoms with van der Waals surface area (Å²) in [7, 11) is 1.67. The normalized spacial score (nSPS) is 10.1. The zero-order valence-electron chi connectivity index (χ0n) is 9.09. The second-order valence-electron chi connectivity index (χ2n) is 3.29. The van der Waals surface area contributed by atoms with Crippen molar-refractivity contribution in [3.8, 4) is 5.88 Å². The van der Waals surface area contributed by atoms with Crippen molar-refractivity contribution in [1.82, 2.24) is 4.98 Å². The van der Waals surface area contributed by atoms with E-state index in [1.165, 1.54) is 10.0 Å². The van der Waals surface area contributed by atoms with E-state index < -0.39 is 0 Å². The van der Waals surface area contributed by atoms with Gasteiger partial charge in [-0.15, -0.1) is 0 Å². The van der Waals surface area contributed by atoms with Gasteiger partial charge in [0.15, 0.2) is 0 Å². The van der Waals surface area contributed by atoms with E-state index in [4.69, 9.17) is 4.74 Å². The third-order valence-electron chi connectivity index (χ3n) is 2.17.